The van der Waals surface area contributed by atoms with Gasteiger partial charge in [-0.05, 0) is 23.8 Å². The molecule has 88 valence electrons. The fourth-order valence-electron chi connectivity index (χ4n) is 1.93. The maximum absolute atomic E-state index is 11.7. The van der Waals surface area contributed by atoms with E-state index in [0.717, 1.165) is 11.1 Å². The summed E-state index contributed by atoms with van der Waals surface area (Å²) in [6.45, 7) is 0. The third-order valence-corrected chi connectivity index (χ3v) is 3.15. The zero-order valence-electron chi connectivity index (χ0n) is 9.39. The van der Waals surface area contributed by atoms with E-state index in [2.05, 4.69) is 0 Å². The Morgan fingerprint density at radius 1 is 0.944 bits per heavy atom. The van der Waals surface area contributed by atoms with Crippen molar-refractivity contribution in [3.63, 3.8) is 0 Å². The summed E-state index contributed by atoms with van der Waals surface area (Å²) >= 11 is 6.08. The van der Waals surface area contributed by atoms with Crippen molar-refractivity contribution in [2.24, 2.45) is 0 Å². The number of carbonyl (C=O) groups excluding carboxylic acids is 1. The van der Waals surface area contributed by atoms with Gasteiger partial charge in [-0.15, -0.1) is 0 Å². The van der Waals surface area contributed by atoms with Crippen LogP contribution in [0.25, 0.3) is 11.8 Å². The van der Waals surface area contributed by atoms with Gasteiger partial charge in [0.1, 0.15) is 5.76 Å². The fraction of sp³-hybridized carbons (Fsp3) is 0. The molecular weight excluding hydrogens is 248 g/mol. The van der Waals surface area contributed by atoms with Gasteiger partial charge in [0, 0.05) is 10.6 Å². The molecule has 0 saturated carbocycles. The second kappa shape index (κ2) is 4.31. The first-order chi connectivity index (χ1) is 8.75. The zero-order valence-corrected chi connectivity index (χ0v) is 10.1. The van der Waals surface area contributed by atoms with Gasteiger partial charge in [-0.25, -0.2) is 4.79 Å². The average Bonchev–Trinajstić information content (AvgIpc) is 2.70. The predicted molar refractivity (Wildman–Crippen MR) is 71.2 cm³/mol. The molecule has 0 fully saturated rings. The largest absolute Gasteiger partial charge is 0.422 e. The second-order valence-electron chi connectivity index (χ2n) is 3.97. The summed E-state index contributed by atoms with van der Waals surface area (Å²) in [6.07, 6.45) is 1.78. The van der Waals surface area contributed by atoms with Gasteiger partial charge in [-0.1, -0.05) is 48.0 Å². The minimum absolute atomic E-state index is 0.316. The number of ether oxygens (including phenoxy) is 1. The molecule has 1 heterocycles. The second-order valence-corrected chi connectivity index (χ2v) is 4.37. The molecule has 0 N–H and O–H groups in total. The number of hydrogen-bond donors (Lipinski definition) is 0. The van der Waals surface area contributed by atoms with E-state index in [1.165, 1.54) is 0 Å². The highest BCUT2D eigenvalue weighted by molar-refractivity contribution is 6.32. The molecule has 0 aliphatic carbocycles. The summed E-state index contributed by atoms with van der Waals surface area (Å²) in [6, 6.07) is 14.7. The molecule has 18 heavy (non-hydrogen) atoms. The van der Waals surface area contributed by atoms with Gasteiger partial charge in [0.2, 0.25) is 0 Å². The van der Waals surface area contributed by atoms with Crippen molar-refractivity contribution in [2.45, 2.75) is 0 Å². The van der Waals surface area contributed by atoms with E-state index < -0.39 is 0 Å². The molecule has 2 aromatic rings. The van der Waals surface area contributed by atoms with Crippen molar-refractivity contribution in [3.8, 4) is 0 Å². The van der Waals surface area contributed by atoms with Gasteiger partial charge < -0.3 is 4.74 Å². The van der Waals surface area contributed by atoms with Crippen LogP contribution in [-0.2, 0) is 4.74 Å². The van der Waals surface area contributed by atoms with E-state index in [9.17, 15) is 4.79 Å². The van der Waals surface area contributed by atoms with Crippen LogP contribution in [0.5, 0.6) is 0 Å². The molecule has 3 heteroatoms. The Morgan fingerprint density at radius 2 is 1.61 bits per heavy atom. The van der Waals surface area contributed by atoms with Crippen LogP contribution in [0.15, 0.2) is 48.5 Å². The fourth-order valence-corrected chi connectivity index (χ4v) is 2.12. The third-order valence-electron chi connectivity index (χ3n) is 2.81. The van der Waals surface area contributed by atoms with Crippen LogP contribution < -0.4 is 0 Å². The zero-order chi connectivity index (χ0) is 12.5. The highest BCUT2D eigenvalue weighted by Crippen LogP contribution is 2.32. The third kappa shape index (κ3) is 1.81. The molecule has 1 aliphatic heterocycles. The molecule has 2 nitrogen and oxygen atoms in total. The van der Waals surface area contributed by atoms with Gasteiger partial charge in [-0.2, -0.15) is 0 Å². The van der Waals surface area contributed by atoms with Crippen molar-refractivity contribution in [1.82, 2.24) is 0 Å². The van der Waals surface area contributed by atoms with E-state index in [0.29, 0.717) is 16.3 Å². The molecule has 0 unspecified atom stereocenters. The maximum atomic E-state index is 11.7. The molecule has 1 aliphatic rings. The van der Waals surface area contributed by atoms with Crippen molar-refractivity contribution in [2.75, 3.05) is 0 Å². The first-order valence-electron chi connectivity index (χ1n) is 5.53. The molecule has 0 spiro atoms. The number of esters is 1. The number of cyclic esters (lactones) is 1. The monoisotopic (exact) mass is 256 g/mol. The summed E-state index contributed by atoms with van der Waals surface area (Å²) in [5, 5.41) is 0.630. The SMILES string of the molecule is O=C1O/C(=C/c2ccccc2Cl)c2ccccc21. The molecule has 0 bridgehead atoms. The van der Waals surface area contributed by atoms with Crippen LogP contribution in [0.3, 0.4) is 0 Å². The topological polar surface area (TPSA) is 26.3 Å². The lowest BCUT2D eigenvalue weighted by atomic mass is 10.1. The highest BCUT2D eigenvalue weighted by Gasteiger charge is 2.25. The molecule has 3 rings (SSSR count). The summed E-state index contributed by atoms with van der Waals surface area (Å²) in [4.78, 5) is 11.7. The van der Waals surface area contributed by atoms with Crippen LogP contribution in [0.2, 0.25) is 5.02 Å². The molecule has 0 radical (unpaired) electrons. The lowest BCUT2D eigenvalue weighted by Gasteiger charge is -2.00. The molecule has 0 aromatic heterocycles. The maximum Gasteiger partial charge on any atom is 0.344 e. The minimum Gasteiger partial charge on any atom is -0.422 e. The summed E-state index contributed by atoms with van der Waals surface area (Å²) in [7, 11) is 0. The lowest BCUT2D eigenvalue weighted by molar-refractivity contribution is 0.0717. The first kappa shape index (κ1) is 11.1. The number of benzene rings is 2. The Bertz CT molecular complexity index is 659. The van der Waals surface area contributed by atoms with Crippen LogP contribution >= 0.6 is 11.6 Å². The quantitative estimate of drug-likeness (QED) is 0.721. The average molecular weight is 257 g/mol. The Hall–Kier alpha value is -2.06. The molecule has 2 aromatic carbocycles. The van der Waals surface area contributed by atoms with Crippen molar-refractivity contribution in [3.05, 3.63) is 70.2 Å². The van der Waals surface area contributed by atoms with E-state index in [-0.39, 0.29) is 5.97 Å². The van der Waals surface area contributed by atoms with Gasteiger partial charge in [0.05, 0.1) is 5.56 Å². The number of rotatable bonds is 1. The van der Waals surface area contributed by atoms with Crippen LogP contribution in [0.4, 0.5) is 0 Å². The number of hydrogen-bond acceptors (Lipinski definition) is 2. The van der Waals surface area contributed by atoms with E-state index >= 15 is 0 Å². The van der Waals surface area contributed by atoms with Crippen molar-refractivity contribution >= 4 is 29.4 Å². The standard InChI is InChI=1S/C15H9ClO2/c16-13-8-4-1-5-10(13)9-14-11-6-2-3-7-12(11)15(17)18-14/h1-9H/b14-9+. The Kier molecular flexibility index (Phi) is 2.65. The van der Waals surface area contributed by atoms with Gasteiger partial charge >= 0.3 is 5.97 Å². The Morgan fingerprint density at radius 3 is 2.39 bits per heavy atom. The van der Waals surface area contributed by atoms with Crippen LogP contribution in [0, 0.1) is 0 Å². The summed E-state index contributed by atoms with van der Waals surface area (Å²) in [5.74, 6) is 0.229. The number of fused-ring (bicyclic) bond motifs is 1. The first-order valence-corrected chi connectivity index (χ1v) is 5.91. The lowest BCUT2D eigenvalue weighted by Crippen LogP contribution is -1.92. The van der Waals surface area contributed by atoms with Crippen molar-refractivity contribution in [1.29, 1.82) is 0 Å². The highest BCUT2D eigenvalue weighted by atomic mass is 35.5. The minimum atomic E-state index is -0.316. The predicted octanol–water partition coefficient (Wildman–Crippen LogP) is 4.01. The number of carbonyl (C=O) groups is 1. The molecule has 0 atom stereocenters. The van der Waals surface area contributed by atoms with E-state index in [1.54, 1.807) is 18.2 Å². The van der Waals surface area contributed by atoms with E-state index in [1.807, 2.05) is 36.4 Å². The van der Waals surface area contributed by atoms with Crippen LogP contribution in [0.1, 0.15) is 21.5 Å². The smallest absolute Gasteiger partial charge is 0.344 e. The summed E-state index contributed by atoms with van der Waals surface area (Å²) < 4.78 is 5.25. The molecule has 0 saturated heterocycles. The van der Waals surface area contributed by atoms with Gasteiger partial charge in [-0.3, -0.25) is 0 Å². The summed E-state index contributed by atoms with van der Waals surface area (Å²) in [5.41, 5.74) is 2.23. The van der Waals surface area contributed by atoms with E-state index in [4.69, 9.17) is 16.3 Å². The van der Waals surface area contributed by atoms with Gasteiger partial charge in [0.25, 0.3) is 0 Å². The number of halogens is 1. The van der Waals surface area contributed by atoms with Crippen LogP contribution in [-0.4, -0.2) is 5.97 Å². The normalized spacial score (nSPS) is 15.6. The van der Waals surface area contributed by atoms with Crippen molar-refractivity contribution < 1.29 is 9.53 Å². The molecular formula is C15H9ClO2. The Labute approximate surface area is 109 Å². The Balaban J connectivity index is 2.11. The van der Waals surface area contributed by atoms with Gasteiger partial charge in [0.15, 0.2) is 0 Å². The molecule has 0 amide bonds.